The van der Waals surface area contributed by atoms with Gasteiger partial charge in [0.25, 0.3) is 0 Å². The van der Waals surface area contributed by atoms with Crippen LogP contribution in [0.2, 0.25) is 0 Å². The van der Waals surface area contributed by atoms with Crippen LogP contribution in [-0.4, -0.2) is 37.4 Å². The van der Waals surface area contributed by atoms with Gasteiger partial charge >= 0.3 is 18.3 Å². The number of halogens is 6. The standard InChI is InChI=1S/C31H33F6NO4/c1-5-41-28(40)26(25-14-10-9-11-19(25)2)27(39)29(38-4,22-12-7-6-8-13-22)18-42-20(3)21-15-23(30(32,33)34)17-24(16-21)31(35,36)37/h6-17,20,26-27,38-39H,5,18H2,1-4H3/t20-,26?,27?,29-/m1/s1. The Balaban J connectivity index is 2.10. The number of hydrogen-bond donors (Lipinski definition) is 2. The summed E-state index contributed by atoms with van der Waals surface area (Å²) < 4.78 is 92.2. The number of aliphatic hydroxyl groups excluding tert-OH is 1. The Labute approximate surface area is 240 Å². The molecule has 0 aromatic heterocycles. The molecule has 42 heavy (non-hydrogen) atoms. The maximum Gasteiger partial charge on any atom is 0.416 e. The highest BCUT2D eigenvalue weighted by Gasteiger charge is 2.47. The summed E-state index contributed by atoms with van der Waals surface area (Å²) in [5.74, 6) is -1.93. The molecular formula is C31H33F6NO4. The molecule has 0 saturated heterocycles. The van der Waals surface area contributed by atoms with Crippen LogP contribution in [0, 0.1) is 6.92 Å². The van der Waals surface area contributed by atoms with Crippen LogP contribution in [0.4, 0.5) is 26.3 Å². The number of aliphatic hydroxyl groups is 1. The van der Waals surface area contributed by atoms with Crippen molar-refractivity contribution in [3.05, 3.63) is 106 Å². The molecule has 0 bridgehead atoms. The molecule has 228 valence electrons. The molecule has 0 aliphatic carbocycles. The molecule has 3 rings (SSSR count). The molecule has 0 saturated carbocycles. The highest BCUT2D eigenvalue weighted by Crippen LogP contribution is 2.40. The molecule has 3 aromatic carbocycles. The van der Waals surface area contributed by atoms with Crippen molar-refractivity contribution in [2.45, 2.75) is 56.8 Å². The minimum Gasteiger partial charge on any atom is -0.465 e. The Hall–Kier alpha value is -3.41. The maximum atomic E-state index is 13.5. The third-order valence-corrected chi connectivity index (χ3v) is 7.26. The summed E-state index contributed by atoms with van der Waals surface area (Å²) in [7, 11) is 1.51. The predicted molar refractivity (Wildman–Crippen MR) is 145 cm³/mol. The zero-order valence-corrected chi connectivity index (χ0v) is 23.5. The average Bonchev–Trinajstić information content (AvgIpc) is 2.94. The lowest BCUT2D eigenvalue weighted by atomic mass is 9.75. The Bertz CT molecular complexity index is 1310. The van der Waals surface area contributed by atoms with E-state index >= 15 is 0 Å². The van der Waals surface area contributed by atoms with Gasteiger partial charge in [-0.3, -0.25) is 4.79 Å². The number of likely N-dealkylation sites (N-methyl/N-ethyl adjacent to an activating group) is 1. The second kappa shape index (κ2) is 13.3. The number of carbonyl (C=O) groups excluding carboxylic acids is 1. The fraction of sp³-hybridized carbons (Fsp3) is 0.387. The Kier molecular flexibility index (Phi) is 10.5. The SMILES string of the molecule is CCOC(=O)C(c1ccccc1C)C(O)[C@](CO[C@H](C)c1cc(C(F)(F)F)cc(C(F)(F)F)c1)(NC)c1ccccc1. The molecule has 0 fully saturated rings. The quantitative estimate of drug-likeness (QED) is 0.185. The van der Waals surface area contributed by atoms with Crippen LogP contribution in [0.25, 0.3) is 0 Å². The van der Waals surface area contributed by atoms with Gasteiger partial charge in [0.15, 0.2) is 0 Å². The summed E-state index contributed by atoms with van der Waals surface area (Å²) in [6.07, 6.45) is -12.9. The van der Waals surface area contributed by atoms with Crippen molar-refractivity contribution in [2.24, 2.45) is 0 Å². The molecule has 2 N–H and O–H groups in total. The number of esters is 1. The van der Waals surface area contributed by atoms with Crippen molar-refractivity contribution in [1.82, 2.24) is 5.32 Å². The normalized spacial score (nSPS) is 15.9. The first kappa shape index (κ1) is 33.1. The monoisotopic (exact) mass is 597 g/mol. The molecule has 4 atom stereocenters. The van der Waals surface area contributed by atoms with E-state index in [9.17, 15) is 36.2 Å². The lowest BCUT2D eigenvalue weighted by Crippen LogP contribution is -2.57. The Morgan fingerprint density at radius 1 is 0.881 bits per heavy atom. The minimum atomic E-state index is -5.02. The fourth-order valence-electron chi connectivity index (χ4n) is 4.88. The number of rotatable bonds is 11. The summed E-state index contributed by atoms with van der Waals surface area (Å²) in [6.45, 7) is 4.31. The van der Waals surface area contributed by atoms with Crippen LogP contribution in [0.5, 0.6) is 0 Å². The number of carbonyl (C=O) groups is 1. The van der Waals surface area contributed by atoms with Gasteiger partial charge in [0.2, 0.25) is 0 Å². The zero-order chi connectivity index (χ0) is 31.3. The second-order valence-electron chi connectivity index (χ2n) is 9.91. The van der Waals surface area contributed by atoms with E-state index in [0.717, 1.165) is 0 Å². The first-order chi connectivity index (χ1) is 19.7. The molecule has 0 radical (unpaired) electrons. The Morgan fingerprint density at radius 3 is 1.93 bits per heavy atom. The molecule has 11 heteroatoms. The van der Waals surface area contributed by atoms with Gasteiger partial charge in [-0.25, -0.2) is 0 Å². The van der Waals surface area contributed by atoms with E-state index in [2.05, 4.69) is 5.32 Å². The van der Waals surface area contributed by atoms with E-state index in [1.54, 1.807) is 68.4 Å². The van der Waals surface area contributed by atoms with Crippen LogP contribution >= 0.6 is 0 Å². The molecule has 5 nitrogen and oxygen atoms in total. The lowest BCUT2D eigenvalue weighted by Gasteiger charge is -2.42. The van der Waals surface area contributed by atoms with E-state index in [1.807, 2.05) is 0 Å². The van der Waals surface area contributed by atoms with Gasteiger partial charge in [0.05, 0.1) is 42.1 Å². The van der Waals surface area contributed by atoms with Crippen LogP contribution < -0.4 is 5.32 Å². The number of hydrogen-bond acceptors (Lipinski definition) is 5. The van der Waals surface area contributed by atoms with Crippen molar-refractivity contribution in [1.29, 1.82) is 0 Å². The highest BCUT2D eigenvalue weighted by molar-refractivity contribution is 5.80. The number of alkyl halides is 6. The van der Waals surface area contributed by atoms with Crippen LogP contribution in [0.3, 0.4) is 0 Å². The van der Waals surface area contributed by atoms with E-state index in [1.165, 1.54) is 14.0 Å². The smallest absolute Gasteiger partial charge is 0.416 e. The van der Waals surface area contributed by atoms with Crippen molar-refractivity contribution < 1.29 is 45.7 Å². The Morgan fingerprint density at radius 2 is 1.43 bits per heavy atom. The first-order valence-electron chi connectivity index (χ1n) is 13.2. The van der Waals surface area contributed by atoms with Crippen molar-refractivity contribution in [3.63, 3.8) is 0 Å². The first-order valence-corrected chi connectivity index (χ1v) is 13.2. The van der Waals surface area contributed by atoms with Gasteiger partial charge in [0, 0.05) is 0 Å². The third-order valence-electron chi connectivity index (χ3n) is 7.26. The molecule has 0 heterocycles. The average molecular weight is 598 g/mol. The van der Waals surface area contributed by atoms with E-state index in [0.29, 0.717) is 28.8 Å². The summed E-state index contributed by atoms with van der Waals surface area (Å²) in [6, 6.07) is 16.6. The molecular weight excluding hydrogens is 564 g/mol. The molecule has 0 spiro atoms. The van der Waals surface area contributed by atoms with Gasteiger partial charge in [-0.05, 0) is 68.3 Å². The van der Waals surface area contributed by atoms with Gasteiger partial charge in [-0.1, -0.05) is 54.6 Å². The fourth-order valence-corrected chi connectivity index (χ4v) is 4.88. The molecule has 0 aliphatic heterocycles. The number of ether oxygens (including phenoxy) is 2. The third kappa shape index (κ3) is 7.32. The number of nitrogens with one attached hydrogen (secondary N) is 1. The van der Waals surface area contributed by atoms with Crippen LogP contribution in [0.1, 0.15) is 59.3 Å². The number of aryl methyl sites for hydroxylation is 1. The summed E-state index contributed by atoms with van der Waals surface area (Å²) in [4.78, 5) is 13.3. The lowest BCUT2D eigenvalue weighted by molar-refractivity contribution is -0.151. The van der Waals surface area contributed by atoms with Crippen molar-refractivity contribution >= 4 is 5.97 Å². The zero-order valence-electron chi connectivity index (χ0n) is 23.5. The van der Waals surface area contributed by atoms with Gasteiger partial charge in [0.1, 0.15) is 5.92 Å². The summed E-state index contributed by atoms with van der Waals surface area (Å²) >= 11 is 0. The summed E-state index contributed by atoms with van der Waals surface area (Å²) in [5, 5.41) is 15.0. The van der Waals surface area contributed by atoms with Crippen molar-refractivity contribution in [3.8, 4) is 0 Å². The summed E-state index contributed by atoms with van der Waals surface area (Å²) in [5.41, 5.74) is -3.18. The van der Waals surface area contributed by atoms with E-state index in [-0.39, 0.29) is 18.2 Å². The highest BCUT2D eigenvalue weighted by atomic mass is 19.4. The largest absolute Gasteiger partial charge is 0.465 e. The number of benzene rings is 3. The van der Waals surface area contributed by atoms with Crippen LogP contribution in [-0.2, 0) is 32.2 Å². The predicted octanol–water partition coefficient (Wildman–Crippen LogP) is 6.93. The van der Waals surface area contributed by atoms with Crippen molar-refractivity contribution in [2.75, 3.05) is 20.3 Å². The topological polar surface area (TPSA) is 67.8 Å². The van der Waals surface area contributed by atoms with E-state index in [4.69, 9.17) is 9.47 Å². The maximum absolute atomic E-state index is 13.5. The van der Waals surface area contributed by atoms with Gasteiger partial charge < -0.3 is 19.9 Å². The van der Waals surface area contributed by atoms with Gasteiger partial charge in [-0.15, -0.1) is 0 Å². The molecule has 0 amide bonds. The second-order valence-corrected chi connectivity index (χ2v) is 9.91. The molecule has 2 unspecified atom stereocenters. The molecule has 3 aromatic rings. The van der Waals surface area contributed by atoms with Gasteiger partial charge in [-0.2, -0.15) is 26.3 Å². The minimum absolute atomic E-state index is 0.0381. The van der Waals surface area contributed by atoms with E-state index < -0.39 is 59.7 Å². The van der Waals surface area contributed by atoms with Crippen LogP contribution in [0.15, 0.2) is 72.8 Å². The molecule has 0 aliphatic rings.